The highest BCUT2D eigenvalue weighted by atomic mass is 19.2. The summed E-state index contributed by atoms with van der Waals surface area (Å²) >= 11 is 0. The highest BCUT2D eigenvalue weighted by Gasteiger charge is 2.19. The molecule has 1 heterocycles. The Morgan fingerprint density at radius 1 is 1.05 bits per heavy atom. The molecule has 2 aromatic rings. The summed E-state index contributed by atoms with van der Waals surface area (Å²) < 4.78 is 39.4. The lowest BCUT2D eigenvalue weighted by Crippen LogP contribution is -2.20. The number of halogens is 3. The summed E-state index contributed by atoms with van der Waals surface area (Å²) in [7, 11) is 0. The third-order valence-corrected chi connectivity index (χ3v) is 2.77. The molecule has 0 amide bonds. The third kappa shape index (κ3) is 2.74. The minimum absolute atomic E-state index is 0.000208. The van der Waals surface area contributed by atoms with Crippen LogP contribution in [0.1, 0.15) is 26.5 Å². The van der Waals surface area contributed by atoms with Crippen LogP contribution in [0.5, 0.6) is 0 Å². The fourth-order valence-corrected chi connectivity index (χ4v) is 1.67. The van der Waals surface area contributed by atoms with Gasteiger partial charge in [-0.05, 0) is 12.1 Å². The fraction of sp³-hybridized carbons (Fsp3) is 0.286. The van der Waals surface area contributed by atoms with Gasteiger partial charge in [-0.25, -0.2) is 18.2 Å². The molecule has 0 aliphatic carbocycles. The van der Waals surface area contributed by atoms with Gasteiger partial charge in [0.05, 0.1) is 5.69 Å². The first kappa shape index (κ1) is 14.3. The molecule has 0 fully saturated rings. The molecule has 0 bridgehead atoms. The Balaban J connectivity index is 2.65. The first-order valence-electron chi connectivity index (χ1n) is 5.95. The van der Waals surface area contributed by atoms with Crippen LogP contribution in [0.2, 0.25) is 0 Å². The van der Waals surface area contributed by atoms with Crippen molar-refractivity contribution in [2.24, 2.45) is 0 Å². The summed E-state index contributed by atoms with van der Waals surface area (Å²) in [6.45, 7) is 5.55. The maximum Gasteiger partial charge on any atom is 0.251 e. The maximum absolute atomic E-state index is 13.2. The van der Waals surface area contributed by atoms with Crippen LogP contribution in [0.3, 0.4) is 0 Å². The van der Waals surface area contributed by atoms with Crippen LogP contribution in [0.15, 0.2) is 23.0 Å². The second-order valence-corrected chi connectivity index (χ2v) is 5.48. The fourth-order valence-electron chi connectivity index (χ4n) is 1.67. The number of hydrogen-bond donors (Lipinski definition) is 1. The molecule has 0 radical (unpaired) electrons. The lowest BCUT2D eigenvalue weighted by Gasteiger charge is -2.17. The molecular formula is C14H13F3N2O. The van der Waals surface area contributed by atoms with Crippen LogP contribution in [-0.4, -0.2) is 9.97 Å². The summed E-state index contributed by atoms with van der Waals surface area (Å²) in [5, 5.41) is 0. The Morgan fingerprint density at radius 3 is 2.10 bits per heavy atom. The first-order valence-corrected chi connectivity index (χ1v) is 5.95. The molecule has 0 unspecified atom stereocenters. The molecule has 6 heteroatoms. The summed E-state index contributed by atoms with van der Waals surface area (Å²) in [6.07, 6.45) is 0. The summed E-state index contributed by atoms with van der Waals surface area (Å²) in [5.74, 6) is -4.21. The lowest BCUT2D eigenvalue weighted by atomic mass is 9.92. The van der Waals surface area contributed by atoms with E-state index in [1.165, 1.54) is 6.07 Å². The monoisotopic (exact) mass is 282 g/mol. The average Bonchev–Trinajstić information content (AvgIpc) is 2.33. The van der Waals surface area contributed by atoms with Crippen molar-refractivity contribution in [2.45, 2.75) is 26.2 Å². The molecule has 0 spiro atoms. The van der Waals surface area contributed by atoms with E-state index in [1.54, 1.807) is 0 Å². The van der Waals surface area contributed by atoms with E-state index in [-0.39, 0.29) is 11.4 Å². The number of rotatable bonds is 1. The number of nitrogens with zero attached hydrogens (tertiary/aromatic N) is 1. The van der Waals surface area contributed by atoms with Gasteiger partial charge in [-0.1, -0.05) is 20.8 Å². The Kier molecular flexibility index (Phi) is 3.41. The lowest BCUT2D eigenvalue weighted by molar-refractivity contribution is 0.447. The van der Waals surface area contributed by atoms with Crippen molar-refractivity contribution in [1.82, 2.24) is 9.97 Å². The standard InChI is InChI=1S/C14H13F3N2O/c1-14(2,3)10-6-11(20)19-13(18-10)7-4-8(15)12(17)9(16)5-7/h4-6H,1-3H3,(H,18,19,20). The number of hydrogen-bond acceptors (Lipinski definition) is 2. The van der Waals surface area contributed by atoms with E-state index in [0.29, 0.717) is 5.69 Å². The average molecular weight is 282 g/mol. The molecule has 2 rings (SSSR count). The molecule has 106 valence electrons. The largest absolute Gasteiger partial charge is 0.307 e. The number of aromatic nitrogens is 2. The van der Waals surface area contributed by atoms with Crippen LogP contribution in [0.25, 0.3) is 11.4 Å². The molecule has 0 atom stereocenters. The van der Waals surface area contributed by atoms with E-state index >= 15 is 0 Å². The van der Waals surface area contributed by atoms with E-state index < -0.39 is 28.4 Å². The Morgan fingerprint density at radius 2 is 1.60 bits per heavy atom. The van der Waals surface area contributed by atoms with E-state index in [4.69, 9.17) is 0 Å². The Hall–Kier alpha value is -2.11. The topological polar surface area (TPSA) is 45.8 Å². The molecule has 3 nitrogen and oxygen atoms in total. The van der Waals surface area contributed by atoms with E-state index in [0.717, 1.165) is 12.1 Å². The van der Waals surface area contributed by atoms with Crippen molar-refractivity contribution in [2.75, 3.05) is 0 Å². The van der Waals surface area contributed by atoms with Gasteiger partial charge in [-0.2, -0.15) is 0 Å². The van der Waals surface area contributed by atoms with Crippen LogP contribution < -0.4 is 5.56 Å². The van der Waals surface area contributed by atoms with Gasteiger partial charge in [0, 0.05) is 17.0 Å². The smallest absolute Gasteiger partial charge is 0.251 e. The molecule has 0 saturated heterocycles. The zero-order valence-electron chi connectivity index (χ0n) is 11.2. The highest BCUT2D eigenvalue weighted by Crippen LogP contribution is 2.23. The van der Waals surface area contributed by atoms with Gasteiger partial charge in [-0.15, -0.1) is 0 Å². The molecule has 1 aromatic heterocycles. The van der Waals surface area contributed by atoms with Gasteiger partial charge in [-0.3, -0.25) is 4.79 Å². The van der Waals surface area contributed by atoms with Crippen molar-refractivity contribution in [3.8, 4) is 11.4 Å². The van der Waals surface area contributed by atoms with Gasteiger partial charge in [0.2, 0.25) is 0 Å². The normalized spacial score (nSPS) is 11.7. The van der Waals surface area contributed by atoms with Gasteiger partial charge >= 0.3 is 0 Å². The molecule has 0 aliphatic heterocycles. The van der Waals surface area contributed by atoms with Gasteiger partial charge in [0.1, 0.15) is 5.82 Å². The van der Waals surface area contributed by atoms with Crippen molar-refractivity contribution >= 4 is 0 Å². The number of aromatic amines is 1. The van der Waals surface area contributed by atoms with Crippen molar-refractivity contribution in [3.05, 3.63) is 51.7 Å². The Bertz CT molecular complexity index is 694. The van der Waals surface area contributed by atoms with Gasteiger partial charge in [0.15, 0.2) is 17.5 Å². The van der Waals surface area contributed by atoms with Crippen LogP contribution >= 0.6 is 0 Å². The Labute approximate surface area is 113 Å². The highest BCUT2D eigenvalue weighted by molar-refractivity contribution is 5.55. The first-order chi connectivity index (χ1) is 9.18. The molecule has 1 N–H and O–H groups in total. The second-order valence-electron chi connectivity index (χ2n) is 5.48. The van der Waals surface area contributed by atoms with Crippen LogP contribution in [-0.2, 0) is 5.41 Å². The van der Waals surface area contributed by atoms with Crippen LogP contribution in [0, 0.1) is 17.5 Å². The molecule has 20 heavy (non-hydrogen) atoms. The third-order valence-electron chi connectivity index (χ3n) is 2.77. The minimum Gasteiger partial charge on any atom is -0.307 e. The summed E-state index contributed by atoms with van der Waals surface area (Å²) in [5.41, 5.74) is -0.392. The van der Waals surface area contributed by atoms with Gasteiger partial charge in [0.25, 0.3) is 5.56 Å². The predicted octanol–water partition coefficient (Wildman–Crippen LogP) is 3.15. The number of H-pyrrole nitrogens is 1. The number of benzene rings is 1. The molecule has 0 aliphatic rings. The maximum atomic E-state index is 13.2. The molecule has 1 aromatic carbocycles. The SMILES string of the molecule is CC(C)(C)c1cc(=O)[nH]c(-c2cc(F)c(F)c(F)c2)n1. The predicted molar refractivity (Wildman–Crippen MR) is 68.9 cm³/mol. The van der Waals surface area contributed by atoms with Crippen molar-refractivity contribution in [3.63, 3.8) is 0 Å². The quantitative estimate of drug-likeness (QED) is 0.817. The molecular weight excluding hydrogens is 269 g/mol. The second kappa shape index (κ2) is 4.77. The summed E-state index contributed by atoms with van der Waals surface area (Å²) in [6, 6.07) is 2.91. The van der Waals surface area contributed by atoms with E-state index in [2.05, 4.69) is 9.97 Å². The van der Waals surface area contributed by atoms with E-state index in [1.807, 2.05) is 20.8 Å². The zero-order chi connectivity index (χ0) is 15.1. The van der Waals surface area contributed by atoms with Gasteiger partial charge < -0.3 is 4.98 Å². The van der Waals surface area contributed by atoms with Crippen molar-refractivity contribution in [1.29, 1.82) is 0 Å². The summed E-state index contributed by atoms with van der Waals surface area (Å²) in [4.78, 5) is 18.2. The zero-order valence-corrected chi connectivity index (χ0v) is 11.2. The number of nitrogens with one attached hydrogen (secondary N) is 1. The van der Waals surface area contributed by atoms with Crippen molar-refractivity contribution < 1.29 is 13.2 Å². The molecule has 0 saturated carbocycles. The van der Waals surface area contributed by atoms with E-state index in [9.17, 15) is 18.0 Å². The van der Waals surface area contributed by atoms with Crippen LogP contribution in [0.4, 0.5) is 13.2 Å². The minimum atomic E-state index is -1.55.